The summed E-state index contributed by atoms with van der Waals surface area (Å²) in [5.74, 6) is 1.67. The number of nitrogens with zero attached hydrogens (tertiary/aromatic N) is 3. The number of aromatic nitrogens is 2. The minimum absolute atomic E-state index is 0. The molecule has 8 nitrogen and oxygen atoms in total. The molecule has 27 heavy (non-hydrogen) atoms. The highest BCUT2D eigenvalue weighted by Gasteiger charge is 2.20. The highest BCUT2D eigenvalue weighted by atomic mass is 127. The van der Waals surface area contributed by atoms with Gasteiger partial charge in [0, 0.05) is 7.05 Å². The van der Waals surface area contributed by atoms with Crippen LogP contribution in [0.2, 0.25) is 0 Å². The second-order valence-electron chi connectivity index (χ2n) is 5.73. The van der Waals surface area contributed by atoms with Gasteiger partial charge in [-0.3, -0.25) is 4.99 Å². The maximum atomic E-state index is 11.9. The van der Waals surface area contributed by atoms with Gasteiger partial charge in [-0.1, -0.05) is 0 Å². The Hall–Kier alpha value is -1.69. The van der Waals surface area contributed by atoms with Gasteiger partial charge in [0.05, 0.1) is 30.6 Å². The van der Waals surface area contributed by atoms with E-state index in [-0.39, 0.29) is 36.0 Å². The Balaban J connectivity index is 0.00000364. The summed E-state index contributed by atoms with van der Waals surface area (Å²) in [6.45, 7) is 10.1. The molecule has 0 spiro atoms. The molecule has 2 N–H and O–H groups in total. The average Bonchev–Trinajstić information content (AvgIpc) is 3.14. The molecule has 0 radical (unpaired) electrons. The summed E-state index contributed by atoms with van der Waals surface area (Å²) in [6, 6.07) is -0.124. The summed E-state index contributed by atoms with van der Waals surface area (Å²) in [7, 11) is 1.69. The first-order valence-corrected chi connectivity index (χ1v) is 9.21. The fourth-order valence-corrected chi connectivity index (χ4v) is 3.19. The van der Waals surface area contributed by atoms with Crippen LogP contribution in [0.3, 0.4) is 0 Å². The molecule has 150 valence electrons. The molecule has 0 saturated heterocycles. The Labute approximate surface area is 180 Å². The maximum Gasteiger partial charge on any atom is 0.350 e. The number of carbonyl (C=O) groups excluding carboxylic acids is 1. The molecule has 2 heterocycles. The van der Waals surface area contributed by atoms with Crippen molar-refractivity contribution in [1.82, 2.24) is 20.6 Å². The summed E-state index contributed by atoms with van der Waals surface area (Å²) in [6.07, 6.45) is 0. The predicted molar refractivity (Wildman–Crippen MR) is 116 cm³/mol. The minimum Gasteiger partial charge on any atom is -0.462 e. The van der Waals surface area contributed by atoms with Crippen LogP contribution in [0.25, 0.3) is 0 Å². The molecule has 0 saturated carbocycles. The van der Waals surface area contributed by atoms with Gasteiger partial charge in [0.2, 0.25) is 5.89 Å². The van der Waals surface area contributed by atoms with Crippen LogP contribution in [0.5, 0.6) is 0 Å². The van der Waals surface area contributed by atoms with Crippen molar-refractivity contribution in [3.8, 4) is 0 Å². The van der Waals surface area contributed by atoms with Crippen molar-refractivity contribution in [2.45, 2.75) is 47.2 Å². The van der Waals surface area contributed by atoms with E-state index < -0.39 is 0 Å². The molecule has 0 aliphatic carbocycles. The highest BCUT2D eigenvalue weighted by Crippen LogP contribution is 2.24. The van der Waals surface area contributed by atoms with Crippen molar-refractivity contribution < 1.29 is 13.9 Å². The summed E-state index contributed by atoms with van der Waals surface area (Å²) >= 11 is 1.33. The van der Waals surface area contributed by atoms with E-state index in [2.05, 4.69) is 25.6 Å². The van der Waals surface area contributed by atoms with E-state index in [9.17, 15) is 4.79 Å². The van der Waals surface area contributed by atoms with Gasteiger partial charge < -0.3 is 19.8 Å². The zero-order chi connectivity index (χ0) is 19.3. The van der Waals surface area contributed by atoms with Crippen LogP contribution in [0, 0.1) is 20.8 Å². The monoisotopic (exact) mass is 507 g/mol. The molecule has 1 atom stereocenters. The van der Waals surface area contributed by atoms with Gasteiger partial charge in [0.1, 0.15) is 15.6 Å². The second-order valence-corrected chi connectivity index (χ2v) is 6.76. The summed E-state index contributed by atoms with van der Waals surface area (Å²) < 4.78 is 10.6. The number of rotatable bonds is 6. The molecule has 10 heteroatoms. The number of nitrogens with one attached hydrogen (secondary N) is 2. The van der Waals surface area contributed by atoms with Gasteiger partial charge in [-0.05, 0) is 34.6 Å². The lowest BCUT2D eigenvalue weighted by Crippen LogP contribution is -2.38. The first kappa shape index (κ1) is 23.3. The number of halogens is 1. The predicted octanol–water partition coefficient (Wildman–Crippen LogP) is 3.28. The number of aryl methyl sites for hydroxylation is 3. The Morgan fingerprint density at radius 3 is 2.56 bits per heavy atom. The van der Waals surface area contributed by atoms with Crippen LogP contribution in [-0.4, -0.2) is 35.6 Å². The van der Waals surface area contributed by atoms with Gasteiger partial charge >= 0.3 is 5.97 Å². The molecule has 2 rings (SSSR count). The first-order valence-electron chi connectivity index (χ1n) is 8.40. The minimum atomic E-state index is -0.335. The number of guanidine groups is 1. The molecule has 0 bridgehead atoms. The van der Waals surface area contributed by atoms with Gasteiger partial charge in [0.15, 0.2) is 5.96 Å². The number of thiazole rings is 1. The molecule has 0 amide bonds. The molecule has 2 aromatic rings. The van der Waals surface area contributed by atoms with E-state index in [0.29, 0.717) is 35.6 Å². The van der Waals surface area contributed by atoms with Crippen molar-refractivity contribution in [2.24, 2.45) is 4.99 Å². The number of oxazole rings is 1. The van der Waals surface area contributed by atoms with Crippen molar-refractivity contribution in [1.29, 1.82) is 0 Å². The van der Waals surface area contributed by atoms with E-state index in [1.807, 2.05) is 20.8 Å². The van der Waals surface area contributed by atoms with Crippen LogP contribution in [0.15, 0.2) is 9.41 Å². The molecular weight excluding hydrogens is 481 g/mol. The first-order chi connectivity index (χ1) is 12.3. The summed E-state index contributed by atoms with van der Waals surface area (Å²) in [5.41, 5.74) is 1.55. The van der Waals surface area contributed by atoms with Crippen molar-refractivity contribution in [3.63, 3.8) is 0 Å². The third-order valence-corrected chi connectivity index (χ3v) is 5.02. The zero-order valence-corrected chi connectivity index (χ0v) is 19.5. The van der Waals surface area contributed by atoms with Crippen molar-refractivity contribution >= 4 is 47.2 Å². The third kappa shape index (κ3) is 6.16. The van der Waals surface area contributed by atoms with Crippen LogP contribution in [-0.2, 0) is 11.3 Å². The lowest BCUT2D eigenvalue weighted by Gasteiger charge is -2.15. The van der Waals surface area contributed by atoms with Crippen LogP contribution in [0.1, 0.15) is 57.6 Å². The van der Waals surface area contributed by atoms with Crippen LogP contribution >= 0.6 is 35.3 Å². The zero-order valence-electron chi connectivity index (χ0n) is 16.4. The van der Waals surface area contributed by atoms with Gasteiger partial charge in [0.25, 0.3) is 0 Å². The number of hydrogen-bond acceptors (Lipinski definition) is 7. The van der Waals surface area contributed by atoms with E-state index in [0.717, 1.165) is 16.5 Å². The molecule has 0 aliphatic rings. The van der Waals surface area contributed by atoms with E-state index >= 15 is 0 Å². The molecule has 1 unspecified atom stereocenters. The van der Waals surface area contributed by atoms with E-state index in [1.54, 1.807) is 20.9 Å². The molecule has 0 fully saturated rings. The Kier molecular flexibility index (Phi) is 9.16. The fraction of sp³-hybridized carbons (Fsp3) is 0.529. The molecular formula is C17H26IN5O3S. The Bertz CT molecular complexity index is 783. The lowest BCUT2D eigenvalue weighted by atomic mass is 10.3. The summed E-state index contributed by atoms with van der Waals surface area (Å²) in [5, 5.41) is 7.20. The van der Waals surface area contributed by atoms with Gasteiger partial charge in [-0.2, -0.15) is 0 Å². The number of hydrogen-bond donors (Lipinski definition) is 2. The number of aliphatic imine (C=N–C) groups is 1. The number of esters is 1. The van der Waals surface area contributed by atoms with E-state index in [4.69, 9.17) is 9.15 Å². The Morgan fingerprint density at radius 2 is 2.00 bits per heavy atom. The summed E-state index contributed by atoms with van der Waals surface area (Å²) in [4.78, 5) is 25.5. The standard InChI is InChI=1S/C17H25N5O3S.HI/c1-7-24-16(23)14-10(3)21-15(26-14)11(4)22-17(18-6)19-8-13-20-9(2)12(5)25-13;/h11H,7-8H2,1-6H3,(H2,18,19,22);1H. The SMILES string of the molecule is CCOC(=O)c1sc(C(C)NC(=NC)NCc2nc(C)c(C)o2)nc1C.I. The maximum absolute atomic E-state index is 11.9. The van der Waals surface area contributed by atoms with Crippen LogP contribution < -0.4 is 10.6 Å². The Morgan fingerprint density at radius 1 is 1.30 bits per heavy atom. The van der Waals surface area contributed by atoms with E-state index in [1.165, 1.54) is 11.3 Å². The largest absolute Gasteiger partial charge is 0.462 e. The average molecular weight is 507 g/mol. The molecule has 0 aliphatic heterocycles. The van der Waals surface area contributed by atoms with Gasteiger partial charge in [-0.15, -0.1) is 35.3 Å². The normalized spacial score (nSPS) is 12.3. The van der Waals surface area contributed by atoms with Crippen LogP contribution in [0.4, 0.5) is 0 Å². The smallest absolute Gasteiger partial charge is 0.350 e. The van der Waals surface area contributed by atoms with Gasteiger partial charge in [-0.25, -0.2) is 14.8 Å². The number of carbonyl (C=O) groups is 1. The van der Waals surface area contributed by atoms with Crippen molar-refractivity contribution in [2.75, 3.05) is 13.7 Å². The quantitative estimate of drug-likeness (QED) is 0.268. The number of ether oxygens (including phenoxy) is 1. The molecule has 0 aromatic carbocycles. The highest BCUT2D eigenvalue weighted by molar-refractivity contribution is 14.0. The fourth-order valence-electron chi connectivity index (χ4n) is 2.22. The van der Waals surface area contributed by atoms with Crippen molar-refractivity contribution in [3.05, 3.63) is 32.9 Å². The lowest BCUT2D eigenvalue weighted by molar-refractivity contribution is 0.0531. The second kappa shape index (κ2) is 10.6. The topological polar surface area (TPSA) is 102 Å². The third-order valence-electron chi connectivity index (χ3n) is 3.70. The molecule has 2 aromatic heterocycles.